The minimum Gasteiger partial charge on any atom is -0.344 e. The van der Waals surface area contributed by atoms with Gasteiger partial charge in [0.15, 0.2) is 0 Å². The van der Waals surface area contributed by atoms with Crippen LogP contribution in [0.4, 0.5) is 0 Å². The fourth-order valence-electron chi connectivity index (χ4n) is 1.92. The molecule has 0 aromatic rings. The first-order chi connectivity index (χ1) is 8.19. The van der Waals surface area contributed by atoms with Crippen LogP contribution in [0, 0.1) is 11.8 Å². The van der Waals surface area contributed by atoms with Gasteiger partial charge in [0.25, 0.3) is 0 Å². The van der Waals surface area contributed by atoms with Crippen molar-refractivity contribution in [2.75, 3.05) is 13.1 Å². The first-order valence-corrected chi connectivity index (χ1v) is 6.16. The molecule has 0 bridgehead atoms. The molecule has 1 saturated heterocycles. The lowest BCUT2D eigenvalue weighted by atomic mass is 10.1. The maximum absolute atomic E-state index is 12.1. The molecule has 1 unspecified atom stereocenters. The van der Waals surface area contributed by atoms with E-state index in [9.17, 15) is 9.59 Å². The molecule has 1 atom stereocenters. The van der Waals surface area contributed by atoms with Crippen LogP contribution in [0.15, 0.2) is 0 Å². The highest BCUT2D eigenvalue weighted by Gasteiger charge is 2.28. The molecule has 1 rings (SSSR count). The Morgan fingerprint density at radius 3 is 2.88 bits per heavy atom. The van der Waals surface area contributed by atoms with Gasteiger partial charge < -0.3 is 10.2 Å². The Morgan fingerprint density at radius 2 is 2.24 bits per heavy atom. The molecule has 0 spiro atoms. The summed E-state index contributed by atoms with van der Waals surface area (Å²) >= 11 is 0. The highest BCUT2D eigenvalue weighted by Crippen LogP contribution is 2.08. The standard InChI is InChI=1S/C13H20N2O2/c1-3-5-6-9-15-10-8-12(16)14-11(7-4-2)13(15)17/h11H,4,6-10H2,1-2H3,(H,14,16). The van der Waals surface area contributed by atoms with Gasteiger partial charge in [0.1, 0.15) is 6.04 Å². The molecule has 2 amide bonds. The Labute approximate surface area is 103 Å². The molecule has 1 fully saturated rings. The first-order valence-electron chi connectivity index (χ1n) is 6.16. The van der Waals surface area contributed by atoms with Crippen molar-refractivity contribution in [1.29, 1.82) is 0 Å². The zero-order chi connectivity index (χ0) is 12.7. The lowest BCUT2D eigenvalue weighted by molar-refractivity contribution is -0.133. The first kappa shape index (κ1) is 13.6. The third-order valence-electron chi connectivity index (χ3n) is 2.81. The molecule has 94 valence electrons. The minimum absolute atomic E-state index is 0.0270. The fourth-order valence-corrected chi connectivity index (χ4v) is 1.92. The summed E-state index contributed by atoms with van der Waals surface area (Å²) < 4.78 is 0. The predicted molar refractivity (Wildman–Crippen MR) is 66.1 cm³/mol. The van der Waals surface area contributed by atoms with E-state index >= 15 is 0 Å². The number of carbonyl (C=O) groups is 2. The second kappa shape index (κ2) is 6.95. The number of amides is 2. The highest BCUT2D eigenvalue weighted by atomic mass is 16.2. The summed E-state index contributed by atoms with van der Waals surface area (Å²) in [6, 6.07) is -0.343. The van der Waals surface area contributed by atoms with Crippen LogP contribution < -0.4 is 5.32 Å². The average Bonchev–Trinajstić information content (AvgIpc) is 2.43. The quantitative estimate of drug-likeness (QED) is 0.738. The fraction of sp³-hybridized carbons (Fsp3) is 0.692. The predicted octanol–water partition coefficient (Wildman–Crippen LogP) is 0.917. The largest absolute Gasteiger partial charge is 0.344 e. The van der Waals surface area contributed by atoms with Crippen molar-refractivity contribution >= 4 is 11.8 Å². The summed E-state index contributed by atoms with van der Waals surface area (Å²) in [7, 11) is 0. The number of nitrogens with one attached hydrogen (secondary N) is 1. The number of nitrogens with zero attached hydrogens (tertiary/aromatic N) is 1. The molecule has 0 aliphatic carbocycles. The molecule has 0 aromatic heterocycles. The van der Waals surface area contributed by atoms with Gasteiger partial charge in [-0.3, -0.25) is 9.59 Å². The monoisotopic (exact) mass is 236 g/mol. The van der Waals surface area contributed by atoms with Crippen molar-refractivity contribution in [2.45, 2.75) is 45.6 Å². The van der Waals surface area contributed by atoms with E-state index in [4.69, 9.17) is 0 Å². The van der Waals surface area contributed by atoms with Gasteiger partial charge in [-0.15, -0.1) is 11.8 Å². The summed E-state index contributed by atoms with van der Waals surface area (Å²) in [4.78, 5) is 25.4. The second-order valence-electron chi connectivity index (χ2n) is 4.16. The van der Waals surface area contributed by atoms with Gasteiger partial charge in [-0.05, 0) is 13.3 Å². The Bertz CT molecular complexity index is 341. The molecule has 1 aliphatic heterocycles. The van der Waals surface area contributed by atoms with Crippen LogP contribution in [0.1, 0.15) is 39.5 Å². The number of hydrogen-bond acceptors (Lipinski definition) is 2. The summed E-state index contributed by atoms with van der Waals surface area (Å²) in [5.74, 6) is 5.77. The zero-order valence-electron chi connectivity index (χ0n) is 10.6. The van der Waals surface area contributed by atoms with Gasteiger partial charge in [-0.2, -0.15) is 0 Å². The van der Waals surface area contributed by atoms with E-state index in [1.807, 2.05) is 6.92 Å². The second-order valence-corrected chi connectivity index (χ2v) is 4.16. The SMILES string of the molecule is CC#CCCN1CCC(=O)NC(CCC)C1=O. The van der Waals surface area contributed by atoms with Crippen LogP contribution >= 0.6 is 0 Å². The summed E-state index contributed by atoms with van der Waals surface area (Å²) in [6.07, 6.45) is 2.67. The lowest BCUT2D eigenvalue weighted by Crippen LogP contribution is -2.44. The van der Waals surface area contributed by atoms with Crippen LogP contribution in [0.3, 0.4) is 0 Å². The molecule has 1 aliphatic rings. The van der Waals surface area contributed by atoms with E-state index in [0.717, 1.165) is 6.42 Å². The van der Waals surface area contributed by atoms with Gasteiger partial charge in [0, 0.05) is 25.9 Å². The third kappa shape index (κ3) is 4.10. The molecule has 4 nitrogen and oxygen atoms in total. The number of rotatable bonds is 4. The van der Waals surface area contributed by atoms with Crippen molar-refractivity contribution in [3.63, 3.8) is 0 Å². The normalized spacial score (nSPS) is 20.4. The van der Waals surface area contributed by atoms with E-state index in [1.165, 1.54) is 0 Å². The van der Waals surface area contributed by atoms with E-state index in [-0.39, 0.29) is 17.9 Å². The highest BCUT2D eigenvalue weighted by molar-refractivity contribution is 5.89. The maximum atomic E-state index is 12.1. The summed E-state index contributed by atoms with van der Waals surface area (Å²) in [6.45, 7) is 4.93. The summed E-state index contributed by atoms with van der Waals surface area (Å²) in [5.41, 5.74) is 0. The number of carbonyl (C=O) groups excluding carboxylic acids is 2. The molecule has 4 heteroatoms. The number of hydrogen-bond donors (Lipinski definition) is 1. The molecule has 0 radical (unpaired) electrons. The van der Waals surface area contributed by atoms with Crippen molar-refractivity contribution < 1.29 is 9.59 Å². The molecular formula is C13H20N2O2. The van der Waals surface area contributed by atoms with Gasteiger partial charge in [0.05, 0.1) is 0 Å². The van der Waals surface area contributed by atoms with Crippen LogP contribution in [0.2, 0.25) is 0 Å². The topological polar surface area (TPSA) is 49.4 Å². The summed E-state index contributed by atoms with van der Waals surface area (Å²) in [5, 5.41) is 2.78. The van der Waals surface area contributed by atoms with E-state index in [2.05, 4.69) is 17.2 Å². The van der Waals surface area contributed by atoms with Gasteiger partial charge in [0.2, 0.25) is 11.8 Å². The molecule has 1 heterocycles. The Hall–Kier alpha value is -1.50. The molecule has 17 heavy (non-hydrogen) atoms. The molecule has 0 aromatic carbocycles. The Balaban J connectivity index is 2.64. The van der Waals surface area contributed by atoms with Crippen molar-refractivity contribution in [1.82, 2.24) is 10.2 Å². The van der Waals surface area contributed by atoms with Crippen LogP contribution in [0.5, 0.6) is 0 Å². The van der Waals surface area contributed by atoms with Crippen molar-refractivity contribution in [3.8, 4) is 11.8 Å². The zero-order valence-corrected chi connectivity index (χ0v) is 10.6. The van der Waals surface area contributed by atoms with E-state index in [0.29, 0.717) is 32.4 Å². The maximum Gasteiger partial charge on any atom is 0.245 e. The van der Waals surface area contributed by atoms with E-state index in [1.54, 1.807) is 11.8 Å². The third-order valence-corrected chi connectivity index (χ3v) is 2.81. The minimum atomic E-state index is -0.343. The van der Waals surface area contributed by atoms with Gasteiger partial charge >= 0.3 is 0 Å². The van der Waals surface area contributed by atoms with Crippen molar-refractivity contribution in [2.24, 2.45) is 0 Å². The van der Waals surface area contributed by atoms with Crippen LogP contribution in [0.25, 0.3) is 0 Å². The average molecular weight is 236 g/mol. The van der Waals surface area contributed by atoms with Gasteiger partial charge in [-0.1, -0.05) is 13.3 Å². The van der Waals surface area contributed by atoms with Crippen molar-refractivity contribution in [3.05, 3.63) is 0 Å². The molecule has 1 N–H and O–H groups in total. The van der Waals surface area contributed by atoms with E-state index < -0.39 is 0 Å². The van der Waals surface area contributed by atoms with Crippen LogP contribution in [-0.2, 0) is 9.59 Å². The Morgan fingerprint density at radius 1 is 1.47 bits per heavy atom. The molecular weight excluding hydrogens is 216 g/mol. The van der Waals surface area contributed by atoms with Crippen LogP contribution in [-0.4, -0.2) is 35.8 Å². The van der Waals surface area contributed by atoms with Gasteiger partial charge in [-0.25, -0.2) is 0 Å². The lowest BCUT2D eigenvalue weighted by Gasteiger charge is -2.22. The smallest absolute Gasteiger partial charge is 0.245 e. The molecule has 0 saturated carbocycles. The Kier molecular flexibility index (Phi) is 5.55.